The Hall–Kier alpha value is -3.25. The van der Waals surface area contributed by atoms with Gasteiger partial charge in [-0.2, -0.15) is 0 Å². The number of ether oxygens (including phenoxy) is 1. The molecule has 1 amide bonds. The van der Waals surface area contributed by atoms with Gasteiger partial charge in [-0.3, -0.25) is 14.4 Å². The Morgan fingerprint density at radius 2 is 1.67 bits per heavy atom. The zero-order valence-corrected chi connectivity index (χ0v) is 19.6. The second-order valence-electron chi connectivity index (χ2n) is 8.50. The molecule has 2 aliphatic rings. The summed E-state index contributed by atoms with van der Waals surface area (Å²) in [4.78, 5) is 41.2. The summed E-state index contributed by atoms with van der Waals surface area (Å²) in [5, 5.41) is 2.92. The van der Waals surface area contributed by atoms with Crippen LogP contribution in [0.25, 0.3) is 0 Å². The lowest BCUT2D eigenvalue weighted by Gasteiger charge is -2.24. The number of halogens is 1. The molecule has 1 saturated carbocycles. The van der Waals surface area contributed by atoms with Gasteiger partial charge >= 0.3 is 5.97 Å². The van der Waals surface area contributed by atoms with Crippen molar-refractivity contribution in [2.24, 2.45) is 10.8 Å². The summed E-state index contributed by atoms with van der Waals surface area (Å²) in [6.07, 6.45) is 0.325. The van der Waals surface area contributed by atoms with Crippen molar-refractivity contribution in [3.63, 3.8) is 0 Å². The van der Waals surface area contributed by atoms with Gasteiger partial charge in [0.05, 0.1) is 5.41 Å². The Labute approximate surface area is 200 Å². The Kier molecular flexibility index (Phi) is 5.20. The van der Waals surface area contributed by atoms with E-state index in [1.165, 1.54) is 0 Å². The van der Waals surface area contributed by atoms with Crippen LogP contribution in [0, 0.1) is 10.8 Å². The number of nitrogens with one attached hydrogen (secondary N) is 1. The van der Waals surface area contributed by atoms with Gasteiger partial charge in [0.1, 0.15) is 5.75 Å². The number of fused-ring (bicyclic) bond motifs is 3. The molecule has 3 atom stereocenters. The summed E-state index contributed by atoms with van der Waals surface area (Å²) < 4.78 is 6.48. The van der Waals surface area contributed by atoms with Crippen LogP contribution in [-0.4, -0.2) is 17.7 Å². The van der Waals surface area contributed by atoms with Gasteiger partial charge in [0.15, 0.2) is 11.2 Å². The van der Waals surface area contributed by atoms with Gasteiger partial charge in [-0.1, -0.05) is 83.5 Å². The minimum Gasteiger partial charge on any atom is -0.425 e. The summed E-state index contributed by atoms with van der Waals surface area (Å²) >= 11 is 3.48. The highest BCUT2D eigenvalue weighted by molar-refractivity contribution is 9.10. The van der Waals surface area contributed by atoms with Crippen molar-refractivity contribution in [3.8, 4) is 5.75 Å². The standard InChI is InChI=1S/C27H22BrNO4/c1-2-26(23(30)18-11-7-4-8-12-18)22-20-15-19(28)13-14-21(20)33-25(32)27(22,26)24(31)29-16-17-9-5-3-6-10-17/h3-15,22H,2,16H2,1H3,(H,29,31)/t22-,26+,27+/m1/s1. The summed E-state index contributed by atoms with van der Waals surface area (Å²) in [7, 11) is 0. The number of Topliss-reactive ketones (excluding diaryl/α,β-unsaturated/α-hetero) is 1. The van der Waals surface area contributed by atoms with Crippen molar-refractivity contribution in [1.29, 1.82) is 0 Å². The highest BCUT2D eigenvalue weighted by Crippen LogP contribution is 2.80. The topological polar surface area (TPSA) is 72.5 Å². The molecule has 0 spiro atoms. The second-order valence-corrected chi connectivity index (χ2v) is 9.42. The number of esters is 1. The zero-order valence-electron chi connectivity index (χ0n) is 18.0. The SMILES string of the molecule is CC[C@@]1(C(=O)c2ccccc2)[C@H]2c3cc(Br)ccc3OC(=O)[C@@]21C(=O)NCc1ccccc1. The molecule has 5 nitrogen and oxygen atoms in total. The Morgan fingerprint density at radius 3 is 2.33 bits per heavy atom. The van der Waals surface area contributed by atoms with Gasteiger partial charge in [-0.05, 0) is 30.2 Å². The average molecular weight is 504 g/mol. The van der Waals surface area contributed by atoms with E-state index in [1.54, 1.807) is 36.4 Å². The molecule has 1 fully saturated rings. The summed E-state index contributed by atoms with van der Waals surface area (Å²) in [5.74, 6) is -1.56. The van der Waals surface area contributed by atoms with E-state index in [1.807, 2.05) is 49.4 Å². The minimum absolute atomic E-state index is 0.213. The molecule has 3 aromatic rings. The molecule has 33 heavy (non-hydrogen) atoms. The number of carbonyl (C=O) groups excluding carboxylic acids is 3. The third-order valence-electron chi connectivity index (χ3n) is 7.01. The third kappa shape index (κ3) is 3.00. The van der Waals surface area contributed by atoms with Crippen LogP contribution in [-0.2, 0) is 16.1 Å². The van der Waals surface area contributed by atoms with Gasteiger partial charge < -0.3 is 10.1 Å². The highest BCUT2D eigenvalue weighted by atomic mass is 79.9. The van der Waals surface area contributed by atoms with Crippen LogP contribution in [0.2, 0.25) is 0 Å². The van der Waals surface area contributed by atoms with E-state index >= 15 is 0 Å². The highest BCUT2D eigenvalue weighted by Gasteiger charge is 2.89. The van der Waals surface area contributed by atoms with E-state index in [9.17, 15) is 14.4 Å². The molecular formula is C27H22BrNO4. The largest absolute Gasteiger partial charge is 0.425 e. The number of amides is 1. The van der Waals surface area contributed by atoms with Gasteiger partial charge in [0.2, 0.25) is 5.91 Å². The fraction of sp³-hybridized carbons (Fsp3) is 0.222. The van der Waals surface area contributed by atoms with Crippen molar-refractivity contribution in [3.05, 3.63) is 100 Å². The van der Waals surface area contributed by atoms with E-state index in [0.717, 1.165) is 10.0 Å². The molecule has 0 aromatic heterocycles. The fourth-order valence-corrected chi connectivity index (χ4v) is 5.87. The zero-order chi connectivity index (χ0) is 23.2. The maximum absolute atomic E-state index is 14.0. The van der Waals surface area contributed by atoms with Crippen molar-refractivity contribution in [1.82, 2.24) is 5.32 Å². The molecule has 1 aliphatic carbocycles. The number of benzene rings is 3. The normalized spacial score (nSPS) is 24.8. The molecule has 1 aliphatic heterocycles. The molecule has 6 heteroatoms. The molecule has 0 unspecified atom stereocenters. The Balaban J connectivity index is 1.63. The minimum atomic E-state index is -1.61. The van der Waals surface area contributed by atoms with E-state index in [4.69, 9.17) is 4.74 Å². The number of ketones is 1. The van der Waals surface area contributed by atoms with Crippen molar-refractivity contribution in [2.45, 2.75) is 25.8 Å². The van der Waals surface area contributed by atoms with Gasteiger partial charge in [0.25, 0.3) is 0 Å². The van der Waals surface area contributed by atoms with E-state index in [-0.39, 0.29) is 12.3 Å². The molecule has 5 rings (SSSR count). The lowest BCUT2D eigenvalue weighted by atomic mass is 9.82. The first kappa shape index (κ1) is 21.6. The molecule has 1 N–H and O–H groups in total. The lowest BCUT2D eigenvalue weighted by Crippen LogP contribution is -2.45. The van der Waals surface area contributed by atoms with Gasteiger partial charge in [0, 0.05) is 28.1 Å². The number of hydrogen-bond donors (Lipinski definition) is 1. The first-order chi connectivity index (χ1) is 16.0. The first-order valence-corrected chi connectivity index (χ1v) is 11.7. The number of rotatable bonds is 6. The van der Waals surface area contributed by atoms with Crippen LogP contribution in [0.5, 0.6) is 5.75 Å². The van der Waals surface area contributed by atoms with Crippen molar-refractivity contribution in [2.75, 3.05) is 0 Å². The predicted octanol–water partition coefficient (Wildman–Crippen LogP) is 5.05. The maximum Gasteiger partial charge on any atom is 0.328 e. The molecular weight excluding hydrogens is 482 g/mol. The van der Waals surface area contributed by atoms with E-state index in [2.05, 4.69) is 21.2 Å². The third-order valence-corrected chi connectivity index (χ3v) is 7.50. The van der Waals surface area contributed by atoms with Gasteiger partial charge in [-0.15, -0.1) is 0 Å². The smallest absolute Gasteiger partial charge is 0.328 e. The fourth-order valence-electron chi connectivity index (χ4n) is 5.50. The van der Waals surface area contributed by atoms with Crippen LogP contribution in [0.3, 0.4) is 0 Å². The first-order valence-electron chi connectivity index (χ1n) is 10.9. The molecule has 0 bridgehead atoms. The number of hydrogen-bond acceptors (Lipinski definition) is 4. The molecule has 166 valence electrons. The molecule has 0 saturated heterocycles. The van der Waals surface area contributed by atoms with Crippen LogP contribution < -0.4 is 10.1 Å². The van der Waals surface area contributed by atoms with Gasteiger partial charge in [-0.25, -0.2) is 0 Å². The second kappa shape index (κ2) is 7.96. The van der Waals surface area contributed by atoms with Crippen molar-refractivity contribution >= 4 is 33.6 Å². The quantitative estimate of drug-likeness (QED) is 0.221. The van der Waals surface area contributed by atoms with Crippen LogP contribution >= 0.6 is 15.9 Å². The average Bonchev–Trinajstić information content (AvgIpc) is 3.50. The molecule has 1 heterocycles. The molecule has 3 aromatic carbocycles. The summed E-state index contributed by atoms with van der Waals surface area (Å²) in [5.41, 5.74) is -0.753. The summed E-state index contributed by atoms with van der Waals surface area (Å²) in [6, 6.07) is 23.7. The Bertz CT molecular complexity index is 1260. The maximum atomic E-state index is 14.0. The monoisotopic (exact) mass is 503 g/mol. The lowest BCUT2D eigenvalue weighted by molar-refractivity contribution is -0.149. The molecule has 0 radical (unpaired) electrons. The predicted molar refractivity (Wildman–Crippen MR) is 127 cm³/mol. The number of carbonyl (C=O) groups is 3. The van der Waals surface area contributed by atoms with Crippen molar-refractivity contribution < 1.29 is 19.1 Å². The summed E-state index contributed by atoms with van der Waals surface area (Å²) in [6.45, 7) is 2.11. The van der Waals surface area contributed by atoms with E-state index < -0.39 is 28.6 Å². The van der Waals surface area contributed by atoms with Crippen LogP contribution in [0.1, 0.15) is 40.7 Å². The Morgan fingerprint density at radius 1 is 1.00 bits per heavy atom. The van der Waals surface area contributed by atoms with E-state index in [0.29, 0.717) is 23.3 Å². The van der Waals surface area contributed by atoms with Crippen LogP contribution in [0.15, 0.2) is 83.3 Å². The van der Waals surface area contributed by atoms with Crippen LogP contribution in [0.4, 0.5) is 0 Å².